The topological polar surface area (TPSA) is 130 Å². The molecule has 0 aliphatic carbocycles. The second kappa shape index (κ2) is 18.5. The minimum atomic E-state index is -0.706. The Bertz CT molecular complexity index is 1860. The molecule has 244 valence electrons. The summed E-state index contributed by atoms with van der Waals surface area (Å²) in [5.74, 6) is 2.36. The van der Waals surface area contributed by atoms with E-state index >= 15 is 0 Å². The Balaban J connectivity index is 0.000000221. The molecule has 0 amide bonds. The molecule has 1 saturated heterocycles. The number of diazo groups is 2. The number of benzene rings is 4. The lowest BCUT2D eigenvalue weighted by Crippen LogP contribution is -2.22. The van der Waals surface area contributed by atoms with Crippen LogP contribution in [0.25, 0.3) is 19.6 Å². The minimum absolute atomic E-state index is 0.0603. The number of ether oxygens (including phenoxy) is 2. The van der Waals surface area contributed by atoms with Gasteiger partial charge in [0, 0.05) is 18.2 Å². The average Bonchev–Trinajstić information content (AvgIpc) is 3.65. The summed E-state index contributed by atoms with van der Waals surface area (Å²) >= 11 is 0. The van der Waals surface area contributed by atoms with Crippen molar-refractivity contribution in [1.82, 2.24) is 0 Å². The molecular formula is C34H32B2N6O7+2. The zero-order valence-electron chi connectivity index (χ0n) is 27.2. The Morgan fingerprint density at radius 2 is 1.16 bits per heavy atom. The molecule has 0 aromatic heterocycles. The van der Waals surface area contributed by atoms with Gasteiger partial charge in [0.2, 0.25) is 10.8 Å². The lowest BCUT2D eigenvalue weighted by Gasteiger charge is -2.13. The van der Waals surface area contributed by atoms with E-state index in [9.17, 15) is 0 Å². The highest BCUT2D eigenvalue weighted by Gasteiger charge is 2.28. The minimum Gasteiger partial charge on any atom is -0.457 e. The van der Waals surface area contributed by atoms with Crippen LogP contribution in [0, 0.1) is 23.9 Å². The first-order valence-electron chi connectivity index (χ1n) is 15.2. The molecule has 49 heavy (non-hydrogen) atoms. The molecule has 0 bridgehead atoms. The highest BCUT2D eigenvalue weighted by atomic mass is 16.8. The fourth-order valence-electron chi connectivity index (χ4n) is 4.35. The van der Waals surface area contributed by atoms with Crippen molar-refractivity contribution in [3.63, 3.8) is 0 Å². The van der Waals surface area contributed by atoms with Gasteiger partial charge in [-0.15, -0.1) is 0 Å². The van der Waals surface area contributed by atoms with Crippen LogP contribution in [0.5, 0.6) is 23.0 Å². The SMILES string of the molecule is [C-]#[N+]c1ccc(Oc2ccc([N+]#N)c(COB(C)OC(C)C)c2)cc1.[C-]#[N+]c1ccc(Oc2ccc([N+]#N)c(COB3OCCO3)c2)cc1. The molecule has 1 aliphatic heterocycles. The van der Waals surface area contributed by atoms with Crippen LogP contribution < -0.4 is 9.47 Å². The van der Waals surface area contributed by atoms with Crippen molar-refractivity contribution in [2.75, 3.05) is 13.2 Å². The smallest absolute Gasteiger partial charge is 0.457 e. The lowest BCUT2D eigenvalue weighted by molar-refractivity contribution is 0.157. The van der Waals surface area contributed by atoms with Gasteiger partial charge in [0.05, 0.1) is 50.7 Å². The van der Waals surface area contributed by atoms with Gasteiger partial charge in [-0.1, -0.05) is 24.3 Å². The third-order valence-corrected chi connectivity index (χ3v) is 6.62. The fourth-order valence-corrected chi connectivity index (χ4v) is 4.35. The summed E-state index contributed by atoms with van der Waals surface area (Å²) in [5, 5.41) is 18.2. The third kappa shape index (κ3) is 11.5. The van der Waals surface area contributed by atoms with E-state index in [0.29, 0.717) is 70.1 Å². The highest BCUT2D eigenvalue weighted by molar-refractivity contribution is 6.42. The van der Waals surface area contributed by atoms with E-state index in [4.69, 9.17) is 56.7 Å². The second-order valence-corrected chi connectivity index (χ2v) is 10.6. The maximum atomic E-state index is 9.14. The predicted octanol–water partition coefficient (Wildman–Crippen LogP) is 9.64. The monoisotopic (exact) mass is 658 g/mol. The van der Waals surface area contributed by atoms with Gasteiger partial charge in [-0.2, -0.15) is 0 Å². The normalized spacial score (nSPS) is 11.7. The molecule has 15 heteroatoms. The van der Waals surface area contributed by atoms with E-state index in [1.54, 1.807) is 84.9 Å². The molecule has 5 rings (SSSR count). The summed E-state index contributed by atoms with van der Waals surface area (Å²) in [4.78, 5) is 13.2. The van der Waals surface area contributed by atoms with E-state index in [-0.39, 0.29) is 26.4 Å². The molecule has 4 aromatic rings. The first-order valence-corrected chi connectivity index (χ1v) is 15.2. The van der Waals surface area contributed by atoms with Gasteiger partial charge in [-0.05, 0) is 69.2 Å². The molecule has 0 radical (unpaired) electrons. The summed E-state index contributed by atoms with van der Waals surface area (Å²) in [6.07, 6.45) is 0.0603. The fraction of sp³-hybridized carbons (Fsp3) is 0.235. The van der Waals surface area contributed by atoms with Crippen LogP contribution in [-0.4, -0.2) is 33.8 Å². The van der Waals surface area contributed by atoms with Gasteiger partial charge in [-0.3, -0.25) is 0 Å². The van der Waals surface area contributed by atoms with Crippen LogP contribution in [0.1, 0.15) is 25.0 Å². The van der Waals surface area contributed by atoms with Crippen LogP contribution in [-0.2, 0) is 36.5 Å². The summed E-state index contributed by atoms with van der Waals surface area (Å²) in [5.41, 5.74) is 3.19. The first-order chi connectivity index (χ1) is 23.8. The van der Waals surface area contributed by atoms with E-state index in [1.807, 2.05) is 20.7 Å². The van der Waals surface area contributed by atoms with E-state index in [2.05, 4.69) is 19.6 Å². The third-order valence-electron chi connectivity index (χ3n) is 6.62. The van der Waals surface area contributed by atoms with Crippen LogP contribution in [0.4, 0.5) is 22.7 Å². The molecule has 0 spiro atoms. The van der Waals surface area contributed by atoms with Crippen LogP contribution in [0.3, 0.4) is 0 Å². The Hall–Kier alpha value is -5.77. The zero-order valence-corrected chi connectivity index (χ0v) is 27.2. The molecule has 1 aliphatic rings. The van der Waals surface area contributed by atoms with Crippen molar-refractivity contribution in [1.29, 1.82) is 10.8 Å². The standard InChI is InChI=1S/C18H19BN3O3.C16H13BN3O4/c1-13(2)25-19(3)23-12-14-11-17(9-10-18(14)22-20)24-16-7-5-15(21-4)6-8-16;1-19-13-2-4-14(5-3-13)24-15-6-7-16(20-18)12(10-15)11-23-17-21-8-9-22-17/h5-11,13H,12H2,1-3H3;2-7,10H,8-9,11H2/q2*+1. The molecule has 1 fully saturated rings. The van der Waals surface area contributed by atoms with Crippen molar-refractivity contribution >= 4 is 37.2 Å². The van der Waals surface area contributed by atoms with Gasteiger partial charge in [-0.25, -0.2) is 9.69 Å². The maximum absolute atomic E-state index is 9.14. The predicted molar refractivity (Wildman–Crippen MR) is 183 cm³/mol. The van der Waals surface area contributed by atoms with Gasteiger partial charge in [0.1, 0.15) is 23.0 Å². The Morgan fingerprint density at radius 1 is 0.714 bits per heavy atom. The van der Waals surface area contributed by atoms with Crippen molar-refractivity contribution in [3.05, 3.63) is 129 Å². The largest absolute Gasteiger partial charge is 0.639 e. The Labute approximate surface area is 285 Å². The highest BCUT2D eigenvalue weighted by Crippen LogP contribution is 2.31. The van der Waals surface area contributed by atoms with Crippen molar-refractivity contribution in [2.24, 2.45) is 0 Å². The van der Waals surface area contributed by atoms with Gasteiger partial charge >= 0.3 is 25.8 Å². The van der Waals surface area contributed by atoms with Gasteiger partial charge in [0.15, 0.2) is 21.3 Å². The molecule has 0 atom stereocenters. The number of hydrogen-bond acceptors (Lipinski definition) is 9. The zero-order chi connectivity index (χ0) is 35.0. The number of rotatable bonds is 12. The van der Waals surface area contributed by atoms with Crippen molar-refractivity contribution in [2.45, 2.75) is 40.0 Å². The summed E-state index contributed by atoms with van der Waals surface area (Å²) in [6.45, 7) is 20.9. The van der Waals surface area contributed by atoms with Crippen molar-refractivity contribution in [3.8, 4) is 23.0 Å². The van der Waals surface area contributed by atoms with Crippen molar-refractivity contribution < 1.29 is 32.7 Å². The van der Waals surface area contributed by atoms with E-state index in [0.717, 1.165) is 0 Å². The first kappa shape index (κ1) is 36.1. The Morgan fingerprint density at radius 3 is 1.59 bits per heavy atom. The van der Waals surface area contributed by atoms with Gasteiger partial charge < -0.3 is 32.7 Å². The van der Waals surface area contributed by atoms with Crippen LogP contribution in [0.15, 0.2) is 84.9 Å². The van der Waals surface area contributed by atoms with Crippen LogP contribution in [0.2, 0.25) is 6.82 Å². The van der Waals surface area contributed by atoms with E-state index < -0.39 is 7.32 Å². The number of nitrogens with zero attached hydrogens (tertiary/aromatic N) is 6. The molecule has 0 unspecified atom stereocenters. The molecule has 4 aromatic carbocycles. The maximum Gasteiger partial charge on any atom is 0.639 e. The van der Waals surface area contributed by atoms with Gasteiger partial charge in [0.25, 0.3) is 0 Å². The number of hydrogen-bond donors (Lipinski definition) is 0. The molecule has 0 saturated carbocycles. The van der Waals surface area contributed by atoms with E-state index in [1.165, 1.54) is 0 Å². The second-order valence-electron chi connectivity index (χ2n) is 10.6. The molecular weight excluding hydrogens is 626 g/mol. The lowest BCUT2D eigenvalue weighted by atomic mass is 9.94. The molecule has 0 N–H and O–H groups in total. The summed E-state index contributed by atoms with van der Waals surface area (Å²) in [6, 6.07) is 23.8. The summed E-state index contributed by atoms with van der Waals surface area (Å²) < 4.78 is 38.5. The quantitative estimate of drug-likeness (QED) is 0.0830. The molecule has 1 heterocycles. The Kier molecular flexibility index (Phi) is 13.6. The van der Waals surface area contributed by atoms with Crippen LogP contribution >= 0.6 is 0 Å². The summed E-state index contributed by atoms with van der Waals surface area (Å²) in [7, 11) is -1.08. The average molecular weight is 658 g/mol. The molecule has 13 nitrogen and oxygen atoms in total.